The molecule has 0 fully saturated rings. The lowest BCUT2D eigenvalue weighted by molar-refractivity contribution is -0.140. The van der Waals surface area contributed by atoms with Crippen molar-refractivity contribution < 1.29 is 13.2 Å². The van der Waals surface area contributed by atoms with E-state index in [-0.39, 0.29) is 11.4 Å². The zero-order valence-corrected chi connectivity index (χ0v) is 6.18. The number of nitrogens with zero attached hydrogens (tertiary/aromatic N) is 2. The number of halogens is 3. The van der Waals surface area contributed by atoms with Crippen molar-refractivity contribution in [3.05, 3.63) is 11.9 Å². The van der Waals surface area contributed by atoms with Crippen LogP contribution in [0.4, 0.5) is 19.1 Å². The third-order valence-electron chi connectivity index (χ3n) is 1.26. The number of anilines is 1. The van der Waals surface area contributed by atoms with Crippen LogP contribution in [0.15, 0.2) is 6.20 Å². The smallest absolute Gasteiger partial charge is 0.368 e. The number of alkyl halides is 3. The van der Waals surface area contributed by atoms with Crippen molar-refractivity contribution in [3.8, 4) is 0 Å². The summed E-state index contributed by atoms with van der Waals surface area (Å²) in [6.45, 7) is 0. The van der Waals surface area contributed by atoms with Gasteiger partial charge in [-0.1, -0.05) is 0 Å². The molecule has 0 saturated heterocycles. The predicted molar refractivity (Wildman–Crippen MR) is 39.6 cm³/mol. The Kier molecular flexibility index (Phi) is 1.95. The van der Waals surface area contributed by atoms with Crippen LogP contribution < -0.4 is 11.2 Å². The minimum Gasteiger partial charge on any atom is -0.368 e. The highest BCUT2D eigenvalue weighted by atomic mass is 19.4. The van der Waals surface area contributed by atoms with Crippen LogP contribution in [-0.2, 0) is 6.18 Å². The third kappa shape index (κ3) is 1.66. The van der Waals surface area contributed by atoms with Gasteiger partial charge < -0.3 is 5.73 Å². The molecule has 0 bridgehead atoms. The molecule has 0 aliphatic carbocycles. The SMILES string of the molecule is Bc1cnc(N)nc1C(F)(F)F. The number of nitrogens with two attached hydrogens (primary N) is 1. The highest BCUT2D eigenvalue weighted by Gasteiger charge is 2.34. The predicted octanol–water partition coefficient (Wildman–Crippen LogP) is -0.664. The molecular weight excluding hydrogens is 170 g/mol. The normalized spacial score (nSPS) is 11.6. The quantitative estimate of drug-likeness (QED) is 0.532. The summed E-state index contributed by atoms with van der Waals surface area (Å²) in [7, 11) is 1.28. The molecule has 1 rings (SSSR count). The fourth-order valence-corrected chi connectivity index (χ4v) is 0.743. The number of aromatic nitrogens is 2. The van der Waals surface area contributed by atoms with Crippen LogP contribution in [-0.4, -0.2) is 17.8 Å². The molecule has 3 nitrogen and oxygen atoms in total. The van der Waals surface area contributed by atoms with Crippen molar-refractivity contribution >= 4 is 19.3 Å². The Morgan fingerprint density at radius 3 is 2.42 bits per heavy atom. The maximum Gasteiger partial charge on any atom is 0.432 e. The van der Waals surface area contributed by atoms with Gasteiger partial charge in [0.15, 0.2) is 0 Å². The molecule has 0 aromatic carbocycles. The number of hydrogen-bond donors (Lipinski definition) is 1. The van der Waals surface area contributed by atoms with Crippen molar-refractivity contribution in [2.45, 2.75) is 6.18 Å². The van der Waals surface area contributed by atoms with Crippen LogP contribution in [0, 0.1) is 0 Å². The summed E-state index contributed by atoms with van der Waals surface area (Å²) in [5.74, 6) is -0.368. The summed E-state index contributed by atoms with van der Waals surface area (Å²) >= 11 is 0. The molecular formula is C5H5BF3N3. The van der Waals surface area contributed by atoms with Crippen LogP contribution in [0.3, 0.4) is 0 Å². The van der Waals surface area contributed by atoms with Gasteiger partial charge in [0.2, 0.25) is 5.95 Å². The largest absolute Gasteiger partial charge is 0.432 e. The van der Waals surface area contributed by atoms with E-state index in [2.05, 4.69) is 9.97 Å². The summed E-state index contributed by atoms with van der Waals surface area (Å²) in [6.07, 6.45) is -3.41. The lowest BCUT2D eigenvalue weighted by atomic mass is 9.96. The first kappa shape index (κ1) is 8.83. The van der Waals surface area contributed by atoms with Crippen molar-refractivity contribution in [3.63, 3.8) is 0 Å². The van der Waals surface area contributed by atoms with Crippen molar-refractivity contribution in [2.75, 3.05) is 5.73 Å². The maximum absolute atomic E-state index is 12.1. The zero-order chi connectivity index (χ0) is 9.35. The van der Waals surface area contributed by atoms with Gasteiger partial charge in [-0.05, 0) is 5.46 Å². The third-order valence-corrected chi connectivity index (χ3v) is 1.26. The van der Waals surface area contributed by atoms with Gasteiger partial charge in [-0.3, -0.25) is 0 Å². The fraction of sp³-hybridized carbons (Fsp3) is 0.200. The molecule has 0 aliphatic rings. The summed E-state index contributed by atoms with van der Waals surface area (Å²) in [6, 6.07) is 0. The van der Waals surface area contributed by atoms with Gasteiger partial charge in [-0.2, -0.15) is 13.2 Å². The number of rotatable bonds is 0. The molecule has 12 heavy (non-hydrogen) atoms. The highest BCUT2D eigenvalue weighted by Crippen LogP contribution is 2.25. The molecule has 0 amide bonds. The molecule has 0 atom stereocenters. The summed E-state index contributed by atoms with van der Waals surface area (Å²) in [5, 5.41) is 0. The van der Waals surface area contributed by atoms with Crippen LogP contribution in [0.1, 0.15) is 5.69 Å². The summed E-state index contributed by atoms with van der Waals surface area (Å²) in [4.78, 5) is 6.51. The first-order valence-corrected chi connectivity index (χ1v) is 3.07. The summed E-state index contributed by atoms with van der Waals surface area (Å²) in [5.41, 5.74) is 3.99. The van der Waals surface area contributed by atoms with Crippen molar-refractivity contribution in [2.24, 2.45) is 0 Å². The lowest BCUT2D eigenvalue weighted by Gasteiger charge is -2.08. The molecule has 0 spiro atoms. The maximum atomic E-state index is 12.1. The molecule has 1 heterocycles. The van der Waals surface area contributed by atoms with E-state index in [1.54, 1.807) is 0 Å². The zero-order valence-electron chi connectivity index (χ0n) is 6.18. The Morgan fingerprint density at radius 1 is 1.42 bits per heavy atom. The fourth-order valence-electron chi connectivity index (χ4n) is 0.743. The molecule has 64 valence electrons. The molecule has 0 saturated carbocycles. The molecule has 0 aliphatic heterocycles. The van der Waals surface area contributed by atoms with E-state index >= 15 is 0 Å². The minimum absolute atomic E-state index is 0.0308. The Morgan fingerprint density at radius 2 is 2.00 bits per heavy atom. The Labute approximate surface area is 67.2 Å². The van der Waals surface area contributed by atoms with E-state index in [1.807, 2.05) is 0 Å². The second-order valence-corrected chi connectivity index (χ2v) is 2.26. The van der Waals surface area contributed by atoms with Gasteiger partial charge in [0.05, 0.1) is 0 Å². The number of hydrogen-bond acceptors (Lipinski definition) is 3. The van der Waals surface area contributed by atoms with Gasteiger partial charge in [-0.15, -0.1) is 0 Å². The second-order valence-electron chi connectivity index (χ2n) is 2.26. The van der Waals surface area contributed by atoms with E-state index in [0.29, 0.717) is 0 Å². The molecule has 7 heteroatoms. The topological polar surface area (TPSA) is 51.8 Å². The first-order valence-electron chi connectivity index (χ1n) is 3.07. The van der Waals surface area contributed by atoms with Gasteiger partial charge in [0, 0.05) is 6.20 Å². The van der Waals surface area contributed by atoms with Gasteiger partial charge >= 0.3 is 6.18 Å². The minimum atomic E-state index is -4.46. The molecule has 2 N–H and O–H groups in total. The average Bonchev–Trinajstić information content (AvgIpc) is 1.92. The van der Waals surface area contributed by atoms with E-state index in [1.165, 1.54) is 7.85 Å². The van der Waals surface area contributed by atoms with E-state index in [9.17, 15) is 13.2 Å². The average molecular weight is 175 g/mol. The molecule has 1 aromatic heterocycles. The van der Waals surface area contributed by atoms with Crippen LogP contribution >= 0.6 is 0 Å². The van der Waals surface area contributed by atoms with Crippen molar-refractivity contribution in [1.29, 1.82) is 0 Å². The highest BCUT2D eigenvalue weighted by molar-refractivity contribution is 6.33. The van der Waals surface area contributed by atoms with E-state index in [0.717, 1.165) is 6.20 Å². The first-order chi connectivity index (χ1) is 5.41. The monoisotopic (exact) mass is 175 g/mol. The Bertz CT molecular complexity index is 298. The van der Waals surface area contributed by atoms with Crippen molar-refractivity contribution in [1.82, 2.24) is 9.97 Å². The number of nitrogen functional groups attached to an aromatic ring is 1. The van der Waals surface area contributed by atoms with Gasteiger partial charge in [-0.25, -0.2) is 9.97 Å². The summed E-state index contributed by atoms with van der Waals surface area (Å²) < 4.78 is 36.2. The van der Waals surface area contributed by atoms with Gasteiger partial charge in [0.1, 0.15) is 13.5 Å². The van der Waals surface area contributed by atoms with E-state index < -0.39 is 11.9 Å². The Hall–Kier alpha value is -1.27. The van der Waals surface area contributed by atoms with Gasteiger partial charge in [0.25, 0.3) is 0 Å². The Balaban J connectivity index is 3.23. The molecule has 1 aromatic rings. The van der Waals surface area contributed by atoms with Crippen LogP contribution in [0.25, 0.3) is 0 Å². The molecule has 0 unspecified atom stereocenters. The van der Waals surface area contributed by atoms with Crippen LogP contribution in [0.2, 0.25) is 0 Å². The lowest BCUT2D eigenvalue weighted by Crippen LogP contribution is -2.23. The second kappa shape index (κ2) is 2.65. The molecule has 0 radical (unpaired) electrons. The van der Waals surface area contributed by atoms with E-state index in [4.69, 9.17) is 5.73 Å². The van der Waals surface area contributed by atoms with Crippen LogP contribution in [0.5, 0.6) is 0 Å². The standard InChI is InChI=1S/C5H5BF3N3/c6-2-1-11-4(10)12-3(2)5(7,8)9/h1H,6H2,(H2,10,11,12).